The van der Waals surface area contributed by atoms with Crippen LogP contribution in [-0.2, 0) is 14.2 Å². The lowest BCUT2D eigenvalue weighted by Gasteiger charge is -2.06. The molecule has 23 heavy (non-hydrogen) atoms. The molecule has 4 heteroatoms. The van der Waals surface area contributed by atoms with Crippen molar-refractivity contribution in [1.29, 1.82) is 0 Å². The van der Waals surface area contributed by atoms with Crippen LogP contribution in [0.4, 0.5) is 0 Å². The highest BCUT2D eigenvalue weighted by molar-refractivity contribution is 4.49. The molecule has 0 atom stereocenters. The minimum atomic E-state index is 0.0707. The lowest BCUT2D eigenvalue weighted by atomic mass is 10.0. The van der Waals surface area contributed by atoms with Crippen LogP contribution in [0.15, 0.2) is 0 Å². The molecule has 1 N–H and O–H groups in total. The van der Waals surface area contributed by atoms with E-state index >= 15 is 0 Å². The average molecular weight is 333 g/mol. The van der Waals surface area contributed by atoms with Crippen molar-refractivity contribution in [2.45, 2.75) is 71.6 Å². The zero-order valence-electron chi connectivity index (χ0n) is 15.6. The Morgan fingerprint density at radius 3 is 1.52 bits per heavy atom. The molecule has 0 unspecified atom stereocenters. The predicted molar refractivity (Wildman–Crippen MR) is 95.9 cm³/mol. The lowest BCUT2D eigenvalue weighted by molar-refractivity contribution is 0.00719. The van der Waals surface area contributed by atoms with E-state index < -0.39 is 0 Å². The molecule has 0 rings (SSSR count). The summed E-state index contributed by atoms with van der Waals surface area (Å²) >= 11 is 0. The van der Waals surface area contributed by atoms with Gasteiger partial charge in [-0.3, -0.25) is 0 Å². The predicted octanol–water partition coefficient (Wildman–Crippen LogP) is 4.20. The molecule has 140 valence electrons. The van der Waals surface area contributed by atoms with Gasteiger partial charge in [0.2, 0.25) is 0 Å². The largest absolute Gasteiger partial charge is 0.394 e. The molecule has 0 aliphatic rings. The van der Waals surface area contributed by atoms with Crippen LogP contribution in [0.2, 0.25) is 0 Å². The smallest absolute Gasteiger partial charge is 0.0701 e. The third-order valence-electron chi connectivity index (χ3n) is 3.80. The molecule has 0 aromatic carbocycles. The fraction of sp³-hybridized carbons (Fsp3) is 1.00. The van der Waals surface area contributed by atoms with Gasteiger partial charge >= 0.3 is 0 Å². The van der Waals surface area contributed by atoms with Gasteiger partial charge in [-0.2, -0.15) is 0 Å². The Hall–Kier alpha value is -0.160. The van der Waals surface area contributed by atoms with Crippen molar-refractivity contribution in [3.63, 3.8) is 0 Å². The summed E-state index contributed by atoms with van der Waals surface area (Å²) in [6.07, 6.45) is 12.2. The van der Waals surface area contributed by atoms with Gasteiger partial charge in [-0.15, -0.1) is 0 Å². The van der Waals surface area contributed by atoms with Crippen LogP contribution in [0.5, 0.6) is 0 Å². The van der Waals surface area contributed by atoms with Gasteiger partial charge < -0.3 is 19.3 Å². The lowest BCUT2D eigenvalue weighted by Crippen LogP contribution is -2.11. The maximum absolute atomic E-state index is 8.52. The van der Waals surface area contributed by atoms with E-state index in [1.165, 1.54) is 51.4 Å². The summed E-state index contributed by atoms with van der Waals surface area (Å²) in [5.41, 5.74) is 0. The second-order valence-corrected chi connectivity index (χ2v) is 6.57. The molecule has 0 heterocycles. The molecule has 0 fully saturated rings. The average Bonchev–Trinajstić information content (AvgIpc) is 2.53. The summed E-state index contributed by atoms with van der Waals surface area (Å²) < 4.78 is 16.0. The standard InChI is InChI=1S/C19H40O4/c1-19(2)11-9-7-5-3-4-6-8-10-13-21-15-17-23-18-16-22-14-12-20/h19-20H,3-18H2,1-2H3. The second-order valence-electron chi connectivity index (χ2n) is 6.57. The third kappa shape index (κ3) is 21.8. The second kappa shape index (κ2) is 19.9. The van der Waals surface area contributed by atoms with Gasteiger partial charge in [0.15, 0.2) is 0 Å². The first kappa shape index (κ1) is 22.8. The van der Waals surface area contributed by atoms with E-state index in [4.69, 9.17) is 19.3 Å². The first-order chi connectivity index (χ1) is 11.3. The van der Waals surface area contributed by atoms with E-state index in [9.17, 15) is 0 Å². The van der Waals surface area contributed by atoms with Gasteiger partial charge in [-0.25, -0.2) is 0 Å². The van der Waals surface area contributed by atoms with Crippen LogP contribution in [-0.4, -0.2) is 51.4 Å². The number of rotatable bonds is 19. The quantitative estimate of drug-likeness (QED) is 0.360. The van der Waals surface area contributed by atoms with Crippen molar-refractivity contribution in [3.8, 4) is 0 Å². The van der Waals surface area contributed by atoms with Crippen molar-refractivity contribution < 1.29 is 19.3 Å². The molecule has 0 aromatic rings. The molecular weight excluding hydrogens is 292 g/mol. The minimum absolute atomic E-state index is 0.0707. The summed E-state index contributed by atoms with van der Waals surface area (Å²) in [6.45, 7) is 8.31. The molecule has 0 saturated carbocycles. The minimum Gasteiger partial charge on any atom is -0.394 e. The Morgan fingerprint density at radius 2 is 1.00 bits per heavy atom. The molecule has 0 spiro atoms. The maximum atomic E-state index is 8.52. The Balaban J connectivity index is 2.95. The van der Waals surface area contributed by atoms with Crippen LogP contribution in [0.3, 0.4) is 0 Å². The highest BCUT2D eigenvalue weighted by Gasteiger charge is 1.96. The normalized spacial score (nSPS) is 11.5. The van der Waals surface area contributed by atoms with Crippen molar-refractivity contribution in [1.82, 2.24) is 0 Å². The molecule has 0 saturated heterocycles. The van der Waals surface area contributed by atoms with Crippen molar-refractivity contribution in [3.05, 3.63) is 0 Å². The topological polar surface area (TPSA) is 47.9 Å². The van der Waals surface area contributed by atoms with Gasteiger partial charge in [0.25, 0.3) is 0 Å². The van der Waals surface area contributed by atoms with Gasteiger partial charge in [0, 0.05) is 6.61 Å². The molecule has 4 nitrogen and oxygen atoms in total. The molecule has 0 bridgehead atoms. The van der Waals surface area contributed by atoms with Crippen molar-refractivity contribution in [2.24, 2.45) is 5.92 Å². The van der Waals surface area contributed by atoms with Gasteiger partial charge in [0.1, 0.15) is 0 Å². The molecule has 0 aliphatic heterocycles. The first-order valence-electron chi connectivity index (χ1n) is 9.61. The number of aliphatic hydroxyl groups is 1. The Kier molecular flexibility index (Phi) is 19.7. The highest BCUT2D eigenvalue weighted by Crippen LogP contribution is 2.12. The summed E-state index contributed by atoms with van der Waals surface area (Å²) in [7, 11) is 0. The summed E-state index contributed by atoms with van der Waals surface area (Å²) in [5, 5.41) is 8.52. The Labute approximate surface area is 143 Å². The summed E-state index contributed by atoms with van der Waals surface area (Å²) in [6, 6.07) is 0. The summed E-state index contributed by atoms with van der Waals surface area (Å²) in [5.74, 6) is 0.861. The van der Waals surface area contributed by atoms with Crippen LogP contribution in [0.1, 0.15) is 71.6 Å². The fourth-order valence-corrected chi connectivity index (χ4v) is 2.42. The first-order valence-corrected chi connectivity index (χ1v) is 9.61. The number of ether oxygens (including phenoxy) is 3. The summed E-state index contributed by atoms with van der Waals surface area (Å²) in [4.78, 5) is 0. The van der Waals surface area contributed by atoms with Crippen LogP contribution < -0.4 is 0 Å². The SMILES string of the molecule is CC(C)CCCCCCCCCCOCCOCCOCCO. The third-order valence-corrected chi connectivity index (χ3v) is 3.80. The van der Waals surface area contributed by atoms with Crippen molar-refractivity contribution >= 4 is 0 Å². The van der Waals surface area contributed by atoms with Crippen LogP contribution >= 0.6 is 0 Å². The fourth-order valence-electron chi connectivity index (χ4n) is 2.42. The van der Waals surface area contributed by atoms with Gasteiger partial charge in [-0.1, -0.05) is 65.2 Å². The number of hydrogen-bond donors (Lipinski definition) is 1. The van der Waals surface area contributed by atoms with E-state index in [2.05, 4.69) is 13.8 Å². The number of unbranched alkanes of at least 4 members (excludes halogenated alkanes) is 7. The molecule has 0 aliphatic carbocycles. The number of aliphatic hydroxyl groups excluding tert-OH is 1. The monoisotopic (exact) mass is 332 g/mol. The zero-order chi connectivity index (χ0) is 17.0. The van der Waals surface area contributed by atoms with Crippen LogP contribution in [0.25, 0.3) is 0 Å². The van der Waals surface area contributed by atoms with E-state index in [0.29, 0.717) is 33.0 Å². The number of hydrogen-bond acceptors (Lipinski definition) is 4. The van der Waals surface area contributed by atoms with E-state index in [1.807, 2.05) is 0 Å². The molecule has 0 radical (unpaired) electrons. The molecular formula is C19H40O4. The zero-order valence-corrected chi connectivity index (χ0v) is 15.6. The Morgan fingerprint density at radius 1 is 0.565 bits per heavy atom. The van der Waals surface area contributed by atoms with Crippen LogP contribution in [0, 0.1) is 5.92 Å². The Bertz CT molecular complexity index is 210. The van der Waals surface area contributed by atoms with E-state index in [-0.39, 0.29) is 6.61 Å². The van der Waals surface area contributed by atoms with E-state index in [0.717, 1.165) is 18.9 Å². The van der Waals surface area contributed by atoms with Crippen molar-refractivity contribution in [2.75, 3.05) is 46.2 Å². The highest BCUT2D eigenvalue weighted by atomic mass is 16.5. The van der Waals surface area contributed by atoms with Gasteiger partial charge in [-0.05, 0) is 12.3 Å². The van der Waals surface area contributed by atoms with Gasteiger partial charge in [0.05, 0.1) is 39.6 Å². The molecule has 0 aromatic heterocycles. The maximum Gasteiger partial charge on any atom is 0.0701 e. The van der Waals surface area contributed by atoms with E-state index in [1.54, 1.807) is 0 Å². The molecule has 0 amide bonds.